The van der Waals surface area contributed by atoms with Gasteiger partial charge in [-0.05, 0) is 43.3 Å². The van der Waals surface area contributed by atoms with E-state index >= 15 is 0 Å². The Morgan fingerprint density at radius 2 is 1.97 bits per heavy atom. The number of aryl methyl sites for hydroxylation is 1. The van der Waals surface area contributed by atoms with Gasteiger partial charge in [-0.2, -0.15) is 0 Å². The number of hydrogen-bond donors (Lipinski definition) is 3. The van der Waals surface area contributed by atoms with Crippen LogP contribution in [-0.2, 0) is 0 Å². The molecule has 0 unspecified atom stereocenters. The normalized spacial score (nSPS) is 14.8. The molecule has 30 heavy (non-hydrogen) atoms. The van der Waals surface area contributed by atoms with Crippen LogP contribution in [0.15, 0.2) is 72.7 Å². The lowest BCUT2D eigenvalue weighted by atomic mass is 10.1. The summed E-state index contributed by atoms with van der Waals surface area (Å²) in [7, 11) is 0. The lowest BCUT2D eigenvalue weighted by Crippen LogP contribution is -2.10. The van der Waals surface area contributed by atoms with Crippen LogP contribution in [-0.4, -0.2) is 25.2 Å². The molecule has 8 heteroatoms. The predicted molar refractivity (Wildman–Crippen MR) is 118 cm³/mol. The molecule has 0 bridgehead atoms. The van der Waals surface area contributed by atoms with E-state index in [0.29, 0.717) is 11.4 Å². The van der Waals surface area contributed by atoms with Gasteiger partial charge in [0.1, 0.15) is 5.82 Å². The Balaban J connectivity index is 1.63. The van der Waals surface area contributed by atoms with E-state index in [0.717, 1.165) is 39.6 Å². The van der Waals surface area contributed by atoms with E-state index < -0.39 is 5.91 Å². The topological polar surface area (TPSA) is 99.9 Å². The monoisotopic (exact) mass is 414 g/mol. The molecule has 0 radical (unpaired) electrons. The van der Waals surface area contributed by atoms with E-state index in [2.05, 4.69) is 20.8 Å². The predicted octanol–water partition coefficient (Wildman–Crippen LogP) is 3.77. The quantitative estimate of drug-likeness (QED) is 0.562. The Morgan fingerprint density at radius 3 is 2.73 bits per heavy atom. The van der Waals surface area contributed by atoms with Gasteiger partial charge in [0.25, 0.3) is 0 Å². The van der Waals surface area contributed by atoms with Crippen molar-refractivity contribution in [3.05, 3.63) is 89.7 Å². The molecule has 148 valence electrons. The van der Waals surface area contributed by atoms with Gasteiger partial charge < -0.3 is 15.4 Å². The molecule has 0 fully saturated rings. The van der Waals surface area contributed by atoms with Crippen molar-refractivity contribution in [3.63, 3.8) is 0 Å². The van der Waals surface area contributed by atoms with Gasteiger partial charge in [-0.25, -0.2) is 4.98 Å². The first-order valence-corrected chi connectivity index (χ1v) is 10.1. The highest BCUT2D eigenvalue weighted by molar-refractivity contribution is 7.95. The molecule has 1 aromatic carbocycles. The molecule has 7 nitrogen and oxygen atoms in total. The van der Waals surface area contributed by atoms with E-state index in [4.69, 9.17) is 10.7 Å². The third-order valence-corrected chi connectivity index (χ3v) is 5.62. The van der Waals surface area contributed by atoms with E-state index in [1.807, 2.05) is 60.0 Å². The van der Waals surface area contributed by atoms with Gasteiger partial charge in [-0.15, -0.1) is 0 Å². The number of pyridine rings is 1. The third kappa shape index (κ3) is 3.27. The first kappa shape index (κ1) is 18.3. The number of amides is 1. The number of nitrogens with zero attached hydrogens (tertiary/aromatic N) is 3. The first-order chi connectivity index (χ1) is 14.6. The summed E-state index contributed by atoms with van der Waals surface area (Å²) in [4.78, 5) is 24.4. The summed E-state index contributed by atoms with van der Waals surface area (Å²) >= 11 is 1.51. The first-order valence-electron chi connectivity index (χ1n) is 9.35. The number of rotatable bonds is 4. The zero-order chi connectivity index (χ0) is 20.7. The fourth-order valence-electron chi connectivity index (χ4n) is 3.36. The van der Waals surface area contributed by atoms with Crippen LogP contribution in [0.2, 0.25) is 0 Å². The fraction of sp³-hybridized carbons (Fsp3) is 0.0455. The van der Waals surface area contributed by atoms with Crippen molar-refractivity contribution in [2.75, 3.05) is 0 Å². The molecule has 2 aromatic heterocycles. The molecular weight excluding hydrogens is 396 g/mol. The molecule has 0 spiro atoms. The lowest BCUT2D eigenvalue weighted by molar-refractivity contribution is 0.100. The van der Waals surface area contributed by atoms with E-state index in [9.17, 15) is 4.79 Å². The van der Waals surface area contributed by atoms with Gasteiger partial charge in [-0.3, -0.25) is 14.1 Å². The summed E-state index contributed by atoms with van der Waals surface area (Å²) in [5.74, 6) is 0.244. The highest BCUT2D eigenvalue weighted by Crippen LogP contribution is 2.35. The van der Waals surface area contributed by atoms with E-state index in [1.54, 1.807) is 12.1 Å². The SMILES string of the molecule is Cc1cccc(-c2[nH]c(-c3ccc(C(N)=O)cc3)nc2C2=CC3=CNSN3C=C2)n1. The smallest absolute Gasteiger partial charge is 0.248 e. The van der Waals surface area contributed by atoms with Crippen LogP contribution in [0.25, 0.3) is 28.3 Å². The third-order valence-electron chi connectivity index (χ3n) is 4.87. The van der Waals surface area contributed by atoms with Gasteiger partial charge in [0.05, 0.1) is 34.9 Å². The summed E-state index contributed by atoms with van der Waals surface area (Å²) in [6, 6.07) is 13.0. The number of hydrogen-bond acceptors (Lipinski definition) is 6. The number of nitrogens with two attached hydrogens (primary N) is 1. The molecule has 1 amide bonds. The Morgan fingerprint density at radius 1 is 1.13 bits per heavy atom. The maximum absolute atomic E-state index is 11.4. The van der Waals surface area contributed by atoms with Gasteiger partial charge in [-0.1, -0.05) is 18.2 Å². The van der Waals surface area contributed by atoms with Crippen LogP contribution in [0.4, 0.5) is 0 Å². The second kappa shape index (κ2) is 7.23. The number of aromatic nitrogens is 3. The van der Waals surface area contributed by atoms with Crippen molar-refractivity contribution < 1.29 is 4.79 Å². The zero-order valence-corrected chi connectivity index (χ0v) is 16.9. The molecule has 5 rings (SSSR count). The van der Waals surface area contributed by atoms with Crippen molar-refractivity contribution in [1.29, 1.82) is 0 Å². The zero-order valence-electron chi connectivity index (χ0n) is 16.1. The van der Waals surface area contributed by atoms with Gasteiger partial charge in [0.2, 0.25) is 5.91 Å². The maximum atomic E-state index is 11.4. The van der Waals surface area contributed by atoms with Crippen LogP contribution in [0.1, 0.15) is 21.7 Å². The van der Waals surface area contributed by atoms with Crippen LogP contribution < -0.4 is 10.5 Å². The number of carbonyl (C=O) groups is 1. The molecule has 0 aliphatic carbocycles. The summed E-state index contributed by atoms with van der Waals surface area (Å²) in [6.07, 6.45) is 8.08. The second-order valence-corrected chi connectivity index (χ2v) is 7.75. The van der Waals surface area contributed by atoms with Crippen molar-refractivity contribution in [2.45, 2.75) is 6.92 Å². The Hall–Kier alpha value is -3.78. The maximum Gasteiger partial charge on any atom is 0.248 e. The largest absolute Gasteiger partial charge is 0.366 e. The lowest BCUT2D eigenvalue weighted by Gasteiger charge is -2.17. The number of fused-ring (bicyclic) bond motifs is 1. The van der Waals surface area contributed by atoms with Crippen molar-refractivity contribution >= 4 is 23.6 Å². The summed E-state index contributed by atoms with van der Waals surface area (Å²) in [6.45, 7) is 1.97. The van der Waals surface area contributed by atoms with Crippen LogP contribution in [0.3, 0.4) is 0 Å². The molecule has 4 heterocycles. The second-order valence-electron chi connectivity index (χ2n) is 6.93. The standard InChI is InChI=1S/C22H18N6OS/c1-13-3-2-4-18(25-13)20-19(16-9-10-28-17(11-16)12-24-30-28)26-22(27-20)15-7-5-14(6-8-15)21(23)29/h2-12,24H,1H3,(H2,23,29)(H,26,27). The number of imidazole rings is 1. The number of benzene rings is 1. The summed E-state index contributed by atoms with van der Waals surface area (Å²) in [5, 5.41) is 0. The number of aromatic amines is 1. The number of carbonyl (C=O) groups excluding carboxylic acids is 1. The summed E-state index contributed by atoms with van der Waals surface area (Å²) < 4.78 is 5.19. The molecular formula is C22H18N6OS. The van der Waals surface area contributed by atoms with E-state index in [1.165, 1.54) is 12.1 Å². The van der Waals surface area contributed by atoms with Crippen LogP contribution in [0.5, 0.6) is 0 Å². The molecule has 2 aliphatic heterocycles. The highest BCUT2D eigenvalue weighted by atomic mass is 32.2. The number of H-pyrrole nitrogens is 1. The Labute approximate surface area is 177 Å². The molecule has 2 aliphatic rings. The molecule has 3 aromatic rings. The van der Waals surface area contributed by atoms with Crippen molar-refractivity contribution in [3.8, 4) is 22.8 Å². The summed E-state index contributed by atoms with van der Waals surface area (Å²) in [5.41, 5.74) is 12.1. The number of primary amides is 1. The fourth-order valence-corrected chi connectivity index (χ4v) is 3.98. The molecule has 0 saturated carbocycles. The minimum atomic E-state index is -0.454. The van der Waals surface area contributed by atoms with Gasteiger partial charge in [0, 0.05) is 34.8 Å². The van der Waals surface area contributed by atoms with Crippen molar-refractivity contribution in [2.24, 2.45) is 5.73 Å². The molecule has 4 N–H and O–H groups in total. The van der Waals surface area contributed by atoms with Gasteiger partial charge >= 0.3 is 0 Å². The number of allylic oxidation sites excluding steroid dienone is 3. The molecule has 0 saturated heterocycles. The number of nitrogens with one attached hydrogen (secondary N) is 2. The average Bonchev–Trinajstić information content (AvgIpc) is 3.40. The Kier molecular flexibility index (Phi) is 4.40. The minimum Gasteiger partial charge on any atom is -0.366 e. The van der Waals surface area contributed by atoms with E-state index in [-0.39, 0.29) is 0 Å². The average molecular weight is 414 g/mol. The van der Waals surface area contributed by atoms with Gasteiger partial charge in [0.15, 0.2) is 0 Å². The minimum absolute atomic E-state index is 0.454. The Bertz CT molecular complexity index is 1240. The van der Waals surface area contributed by atoms with Crippen LogP contribution >= 0.6 is 12.1 Å². The highest BCUT2D eigenvalue weighted by Gasteiger charge is 2.22. The molecule has 0 atom stereocenters. The van der Waals surface area contributed by atoms with Crippen LogP contribution in [0, 0.1) is 6.92 Å². The van der Waals surface area contributed by atoms with Crippen molar-refractivity contribution in [1.82, 2.24) is 24.0 Å².